The number of carboxylic acids is 2. The lowest BCUT2D eigenvalue weighted by Gasteiger charge is -2.57. The Morgan fingerprint density at radius 3 is 1.88 bits per heavy atom. The van der Waals surface area contributed by atoms with Gasteiger partial charge >= 0.3 is 11.9 Å². The van der Waals surface area contributed by atoms with E-state index in [2.05, 4.69) is 11.4 Å². The van der Waals surface area contributed by atoms with Crippen molar-refractivity contribution in [1.82, 2.24) is 5.32 Å². The molecule has 208 valence electrons. The molecular formula is C33H35ClN2O4. The van der Waals surface area contributed by atoms with Gasteiger partial charge in [0.05, 0.1) is 16.9 Å². The van der Waals surface area contributed by atoms with Gasteiger partial charge in [0.1, 0.15) is 0 Å². The molecule has 0 saturated carbocycles. The second-order valence-corrected chi connectivity index (χ2v) is 11.3. The number of carboxylic acid groups (broad SMARTS) is 2. The molecule has 4 rings (SSSR count). The Morgan fingerprint density at radius 1 is 0.875 bits per heavy atom. The highest BCUT2D eigenvalue weighted by molar-refractivity contribution is 6.30. The van der Waals surface area contributed by atoms with Crippen LogP contribution in [0.15, 0.2) is 84.9 Å². The topological polar surface area (TPSA) is 110 Å². The Balaban J connectivity index is 1.92. The molecule has 0 aromatic heterocycles. The van der Waals surface area contributed by atoms with Crippen LogP contribution in [0, 0.1) is 22.2 Å². The summed E-state index contributed by atoms with van der Waals surface area (Å²) in [7, 11) is 0. The van der Waals surface area contributed by atoms with Crippen LogP contribution < -0.4 is 5.32 Å². The molecule has 0 aliphatic carbocycles. The third-order valence-corrected chi connectivity index (χ3v) is 9.19. The Morgan fingerprint density at radius 2 is 1.40 bits per heavy atom. The Kier molecular flexibility index (Phi) is 8.98. The lowest BCUT2D eigenvalue weighted by Crippen LogP contribution is -2.69. The summed E-state index contributed by atoms with van der Waals surface area (Å²) in [6.45, 7) is 3.61. The number of hydrogen-bond donors (Lipinski definition) is 3. The molecule has 1 heterocycles. The molecule has 7 heteroatoms. The van der Waals surface area contributed by atoms with Crippen molar-refractivity contribution in [2.75, 3.05) is 0 Å². The van der Waals surface area contributed by atoms with E-state index in [1.165, 1.54) is 0 Å². The minimum absolute atomic E-state index is 0.00668. The standard InChI is InChI=1S/C33H35ClN2O4/c1-22-32(30(37)38,18-10-20-35)29(26-15-9-16-27(34)21-26)33(31(39)40,23(2)36-22)19-17-28(24-11-5-3-6-12-24)25-13-7-4-8-14-25/h3-9,11-16,21-23,28-29,36H,10,17-19H2,1-2H3,(H,37,38)(H,39,40). The number of halogens is 1. The zero-order chi connectivity index (χ0) is 28.9. The van der Waals surface area contributed by atoms with Crippen molar-refractivity contribution in [2.24, 2.45) is 10.8 Å². The molecule has 5 unspecified atom stereocenters. The number of nitrogens with zero attached hydrogens (tertiary/aromatic N) is 1. The van der Waals surface area contributed by atoms with Gasteiger partial charge in [0.2, 0.25) is 0 Å². The maximum absolute atomic E-state index is 13.6. The van der Waals surface area contributed by atoms with Crippen LogP contribution in [-0.2, 0) is 9.59 Å². The minimum atomic E-state index is -1.56. The number of benzene rings is 3. The van der Waals surface area contributed by atoms with Crippen molar-refractivity contribution in [3.63, 3.8) is 0 Å². The largest absolute Gasteiger partial charge is 0.481 e. The third kappa shape index (κ3) is 5.24. The summed E-state index contributed by atoms with van der Waals surface area (Å²) < 4.78 is 0. The van der Waals surface area contributed by atoms with E-state index in [9.17, 15) is 25.1 Å². The molecule has 1 saturated heterocycles. The van der Waals surface area contributed by atoms with Crippen LogP contribution in [0.1, 0.15) is 68.1 Å². The van der Waals surface area contributed by atoms with E-state index >= 15 is 0 Å². The fraction of sp³-hybridized carbons (Fsp3) is 0.364. The van der Waals surface area contributed by atoms with Gasteiger partial charge in [0.25, 0.3) is 0 Å². The van der Waals surface area contributed by atoms with Crippen molar-refractivity contribution >= 4 is 23.5 Å². The first-order valence-electron chi connectivity index (χ1n) is 13.6. The Labute approximate surface area is 240 Å². The van der Waals surface area contributed by atoms with E-state index in [1.807, 2.05) is 67.6 Å². The molecule has 0 bridgehead atoms. The molecule has 3 aromatic rings. The molecule has 1 aliphatic heterocycles. The van der Waals surface area contributed by atoms with Gasteiger partial charge in [-0.1, -0.05) is 84.4 Å². The lowest BCUT2D eigenvalue weighted by atomic mass is 9.49. The highest BCUT2D eigenvalue weighted by Crippen LogP contribution is 2.60. The van der Waals surface area contributed by atoms with Crippen molar-refractivity contribution < 1.29 is 19.8 Å². The first kappa shape index (κ1) is 29.3. The molecule has 1 fully saturated rings. The van der Waals surface area contributed by atoms with E-state index in [0.717, 1.165) is 11.1 Å². The van der Waals surface area contributed by atoms with Crippen LogP contribution in [0.3, 0.4) is 0 Å². The van der Waals surface area contributed by atoms with Crippen LogP contribution in [0.5, 0.6) is 0 Å². The molecule has 6 nitrogen and oxygen atoms in total. The normalized spacial score (nSPS) is 26.2. The van der Waals surface area contributed by atoms with E-state index in [0.29, 0.717) is 17.0 Å². The quantitative estimate of drug-likeness (QED) is 0.251. The van der Waals surface area contributed by atoms with E-state index in [4.69, 9.17) is 11.6 Å². The fourth-order valence-corrected chi connectivity index (χ4v) is 7.21. The minimum Gasteiger partial charge on any atom is -0.481 e. The van der Waals surface area contributed by atoms with Crippen molar-refractivity contribution in [3.8, 4) is 6.07 Å². The van der Waals surface area contributed by atoms with Gasteiger partial charge in [-0.2, -0.15) is 5.26 Å². The lowest BCUT2D eigenvalue weighted by molar-refractivity contribution is -0.174. The van der Waals surface area contributed by atoms with Crippen LogP contribution in [0.25, 0.3) is 0 Å². The van der Waals surface area contributed by atoms with E-state index < -0.39 is 40.8 Å². The average Bonchev–Trinajstić information content (AvgIpc) is 2.94. The van der Waals surface area contributed by atoms with Crippen LogP contribution in [0.4, 0.5) is 0 Å². The van der Waals surface area contributed by atoms with Crippen molar-refractivity contribution in [1.29, 1.82) is 5.26 Å². The van der Waals surface area contributed by atoms with Crippen LogP contribution in [-0.4, -0.2) is 34.2 Å². The molecule has 0 amide bonds. The zero-order valence-electron chi connectivity index (χ0n) is 22.8. The average molecular weight is 559 g/mol. The predicted molar refractivity (Wildman–Crippen MR) is 155 cm³/mol. The third-order valence-electron chi connectivity index (χ3n) is 8.96. The van der Waals surface area contributed by atoms with Gasteiger partial charge in [0, 0.05) is 35.4 Å². The van der Waals surface area contributed by atoms with Gasteiger partial charge in [0.15, 0.2) is 0 Å². The first-order chi connectivity index (χ1) is 19.2. The number of rotatable bonds is 10. The summed E-state index contributed by atoms with van der Waals surface area (Å²) in [5, 5.41) is 35.2. The van der Waals surface area contributed by atoms with E-state index in [-0.39, 0.29) is 25.2 Å². The first-order valence-corrected chi connectivity index (χ1v) is 14.0. The molecule has 3 N–H and O–H groups in total. The zero-order valence-corrected chi connectivity index (χ0v) is 23.5. The van der Waals surface area contributed by atoms with E-state index in [1.54, 1.807) is 31.2 Å². The monoisotopic (exact) mass is 558 g/mol. The number of piperidine rings is 1. The highest BCUT2D eigenvalue weighted by Gasteiger charge is 2.66. The number of carbonyl (C=O) groups is 2. The van der Waals surface area contributed by atoms with Gasteiger partial charge in [-0.3, -0.25) is 9.59 Å². The summed E-state index contributed by atoms with van der Waals surface area (Å²) in [4.78, 5) is 26.9. The SMILES string of the molecule is CC1NC(C)C(CCC(c2ccccc2)c2ccccc2)(C(=O)O)C(c2cccc(Cl)c2)C1(CCC#N)C(=O)O. The maximum Gasteiger partial charge on any atom is 0.311 e. The Bertz CT molecular complexity index is 1340. The number of nitriles is 1. The summed E-state index contributed by atoms with van der Waals surface area (Å²) in [5.74, 6) is -3.22. The maximum atomic E-state index is 13.6. The molecular weight excluding hydrogens is 524 g/mol. The number of hydrogen-bond acceptors (Lipinski definition) is 4. The van der Waals surface area contributed by atoms with Gasteiger partial charge in [-0.25, -0.2) is 0 Å². The second-order valence-electron chi connectivity index (χ2n) is 10.9. The smallest absolute Gasteiger partial charge is 0.311 e. The molecule has 0 spiro atoms. The molecule has 3 aromatic carbocycles. The summed E-state index contributed by atoms with van der Waals surface area (Å²) in [6, 6.07) is 27.8. The number of aliphatic carboxylic acids is 2. The van der Waals surface area contributed by atoms with Gasteiger partial charge in [-0.05, 0) is 61.9 Å². The summed E-state index contributed by atoms with van der Waals surface area (Å²) in [5.41, 5.74) is -0.376. The summed E-state index contributed by atoms with van der Waals surface area (Å²) >= 11 is 6.41. The molecule has 40 heavy (non-hydrogen) atoms. The number of nitrogens with one attached hydrogen (secondary N) is 1. The highest BCUT2D eigenvalue weighted by atomic mass is 35.5. The van der Waals surface area contributed by atoms with Crippen molar-refractivity contribution in [3.05, 3.63) is 107 Å². The molecule has 1 aliphatic rings. The molecule has 0 radical (unpaired) electrons. The fourth-order valence-electron chi connectivity index (χ4n) is 7.01. The van der Waals surface area contributed by atoms with Crippen LogP contribution >= 0.6 is 11.6 Å². The van der Waals surface area contributed by atoms with Gasteiger partial charge in [-0.15, -0.1) is 0 Å². The van der Waals surface area contributed by atoms with Crippen LogP contribution in [0.2, 0.25) is 5.02 Å². The molecule has 5 atom stereocenters. The van der Waals surface area contributed by atoms with Gasteiger partial charge < -0.3 is 15.5 Å². The summed E-state index contributed by atoms with van der Waals surface area (Å²) in [6.07, 6.45) is 0.672. The Hall–Kier alpha value is -3.66. The predicted octanol–water partition coefficient (Wildman–Crippen LogP) is 6.86. The second kappa shape index (κ2) is 12.2. The van der Waals surface area contributed by atoms with Crippen molar-refractivity contribution in [2.45, 2.75) is 63.5 Å².